The highest BCUT2D eigenvalue weighted by molar-refractivity contribution is 7.89. The molecule has 4 rings (SSSR count). The topological polar surface area (TPSA) is 115 Å². The number of nitrogens with one attached hydrogen (secondary N) is 2. The summed E-state index contributed by atoms with van der Waals surface area (Å²) in [6, 6.07) is 12.4. The molecule has 0 aliphatic carbocycles. The second-order valence-electron chi connectivity index (χ2n) is 11.0. The second kappa shape index (κ2) is 14.2. The van der Waals surface area contributed by atoms with Gasteiger partial charge in [-0.05, 0) is 55.6 Å². The Labute approximate surface area is 249 Å². The van der Waals surface area contributed by atoms with Crippen molar-refractivity contribution in [1.29, 1.82) is 0 Å². The van der Waals surface area contributed by atoms with Gasteiger partial charge in [0.1, 0.15) is 11.9 Å². The van der Waals surface area contributed by atoms with E-state index < -0.39 is 46.4 Å². The molecule has 2 fully saturated rings. The number of alkyl halides is 3. The first-order chi connectivity index (χ1) is 20.4. The van der Waals surface area contributed by atoms with Crippen LogP contribution in [-0.4, -0.2) is 83.0 Å². The highest BCUT2D eigenvalue weighted by Gasteiger charge is 2.44. The molecule has 0 aromatic heterocycles. The van der Waals surface area contributed by atoms with Crippen LogP contribution in [0.4, 0.5) is 18.0 Å². The summed E-state index contributed by atoms with van der Waals surface area (Å²) in [6.07, 6.45) is -5.30. The maximum atomic E-state index is 13.8. The number of nitrogens with zero attached hydrogens (tertiary/aromatic N) is 1. The monoisotopic (exact) mass is 629 g/mol. The molecule has 0 bridgehead atoms. The maximum absolute atomic E-state index is 13.8. The number of amides is 1. The van der Waals surface area contributed by atoms with E-state index in [9.17, 15) is 26.4 Å². The van der Waals surface area contributed by atoms with Gasteiger partial charge in [0.05, 0.1) is 30.1 Å². The first kappa shape index (κ1) is 33.0. The number of carbonyl (C=O) groups is 1. The van der Waals surface area contributed by atoms with Crippen molar-refractivity contribution in [1.82, 2.24) is 14.9 Å². The van der Waals surface area contributed by atoms with Crippen molar-refractivity contribution in [2.75, 3.05) is 33.4 Å². The number of carbonyl (C=O) groups excluding carboxylic acids is 1. The fourth-order valence-electron chi connectivity index (χ4n) is 5.31. The Hall–Kier alpha value is -2.91. The molecule has 2 aliphatic heterocycles. The van der Waals surface area contributed by atoms with Crippen LogP contribution in [-0.2, 0) is 30.7 Å². The molecule has 2 N–H and O–H groups in total. The average Bonchev–Trinajstić information content (AvgIpc) is 3.55. The summed E-state index contributed by atoms with van der Waals surface area (Å²) in [5.41, 5.74) is 0.917. The Kier molecular flexibility index (Phi) is 10.9. The van der Waals surface area contributed by atoms with Crippen molar-refractivity contribution in [3.63, 3.8) is 0 Å². The molecular formula is C29H38F3N3O7S. The SMILES string of the molecule is CN[C@H](CN(CC(C)C)S(=O)(=O)c1ccc(OC(F)(F)F)cc1)[C@H](Cc1ccccc1)NC(=O)O[C@H]1CO[C@H]2OCC[C@H]21. The lowest BCUT2D eigenvalue weighted by Gasteiger charge is -2.33. The standard InChI is InChI=1S/C29H38F3N3O7S/c1-19(2)16-35(43(37,38)22-11-9-21(10-12-22)42-29(30,31)32)17-25(33-3)24(15-20-7-5-4-6-8-20)34-28(36)41-26-18-40-27-23(26)13-14-39-27/h4-12,19,23-27,33H,13-18H2,1-3H3,(H,34,36)/t23-,24-,25+,26-,27+/m0/s1. The van der Waals surface area contributed by atoms with Crippen LogP contribution in [0.1, 0.15) is 25.8 Å². The van der Waals surface area contributed by atoms with Crippen LogP contribution in [0.25, 0.3) is 0 Å². The smallest absolute Gasteiger partial charge is 0.443 e. The molecule has 0 unspecified atom stereocenters. The molecule has 2 saturated heterocycles. The van der Waals surface area contributed by atoms with Gasteiger partial charge < -0.3 is 29.6 Å². The summed E-state index contributed by atoms with van der Waals surface area (Å²) in [5, 5.41) is 6.09. The molecule has 0 spiro atoms. The lowest BCUT2D eigenvalue weighted by atomic mass is 9.99. The predicted octanol–water partition coefficient (Wildman–Crippen LogP) is 3.92. The van der Waals surface area contributed by atoms with Gasteiger partial charge in [0.25, 0.3) is 0 Å². The molecule has 2 aromatic carbocycles. The molecule has 2 aliphatic rings. The summed E-state index contributed by atoms with van der Waals surface area (Å²) < 4.78 is 87.3. The third-order valence-corrected chi connectivity index (χ3v) is 9.21. The van der Waals surface area contributed by atoms with Crippen molar-refractivity contribution in [3.05, 3.63) is 60.2 Å². The summed E-state index contributed by atoms with van der Waals surface area (Å²) >= 11 is 0. The fraction of sp³-hybridized carbons (Fsp3) is 0.552. The van der Waals surface area contributed by atoms with E-state index in [-0.39, 0.29) is 42.7 Å². The van der Waals surface area contributed by atoms with Crippen LogP contribution in [0.3, 0.4) is 0 Å². The van der Waals surface area contributed by atoms with E-state index in [1.54, 1.807) is 7.05 Å². The molecule has 0 saturated carbocycles. The van der Waals surface area contributed by atoms with Gasteiger partial charge >= 0.3 is 12.5 Å². The van der Waals surface area contributed by atoms with Gasteiger partial charge in [0.15, 0.2) is 6.29 Å². The van der Waals surface area contributed by atoms with Crippen LogP contribution < -0.4 is 15.4 Å². The van der Waals surface area contributed by atoms with Crippen LogP contribution in [0.2, 0.25) is 0 Å². The Bertz CT molecular complexity index is 1300. The van der Waals surface area contributed by atoms with Crippen molar-refractivity contribution in [2.45, 2.75) is 62.4 Å². The number of ether oxygens (including phenoxy) is 4. The van der Waals surface area contributed by atoms with Crippen molar-refractivity contribution >= 4 is 16.1 Å². The van der Waals surface area contributed by atoms with Gasteiger partial charge in [-0.15, -0.1) is 13.2 Å². The molecule has 238 valence electrons. The molecule has 2 heterocycles. The zero-order valence-corrected chi connectivity index (χ0v) is 25.1. The fourth-order valence-corrected chi connectivity index (χ4v) is 6.94. The molecule has 2 aromatic rings. The van der Waals surface area contributed by atoms with E-state index >= 15 is 0 Å². The van der Waals surface area contributed by atoms with Gasteiger partial charge in [-0.3, -0.25) is 0 Å². The molecule has 10 nitrogen and oxygen atoms in total. The van der Waals surface area contributed by atoms with E-state index in [1.807, 2.05) is 44.2 Å². The number of alkyl carbamates (subject to hydrolysis) is 1. The molecule has 14 heteroatoms. The van der Waals surface area contributed by atoms with Gasteiger partial charge in [0, 0.05) is 19.1 Å². The lowest BCUT2D eigenvalue weighted by molar-refractivity contribution is -0.274. The summed E-state index contributed by atoms with van der Waals surface area (Å²) in [7, 11) is -2.47. The number of fused-ring (bicyclic) bond motifs is 1. The van der Waals surface area contributed by atoms with E-state index in [0.29, 0.717) is 13.0 Å². The largest absolute Gasteiger partial charge is 0.573 e. The van der Waals surface area contributed by atoms with Crippen LogP contribution in [0.15, 0.2) is 59.5 Å². The van der Waals surface area contributed by atoms with E-state index in [0.717, 1.165) is 36.2 Å². The van der Waals surface area contributed by atoms with Gasteiger partial charge in [-0.25, -0.2) is 13.2 Å². The minimum absolute atomic E-state index is 0.0410. The Morgan fingerprint density at radius 2 is 1.74 bits per heavy atom. The van der Waals surface area contributed by atoms with Gasteiger partial charge in [0.2, 0.25) is 10.0 Å². The molecule has 0 radical (unpaired) electrons. The first-order valence-electron chi connectivity index (χ1n) is 14.1. The number of likely N-dealkylation sites (N-methyl/N-ethyl adjacent to an activating group) is 1. The molecule has 5 atom stereocenters. The Morgan fingerprint density at radius 1 is 1.05 bits per heavy atom. The lowest BCUT2D eigenvalue weighted by Crippen LogP contribution is -2.56. The van der Waals surface area contributed by atoms with E-state index in [1.165, 1.54) is 4.31 Å². The second-order valence-corrected chi connectivity index (χ2v) is 13.0. The summed E-state index contributed by atoms with van der Waals surface area (Å²) in [4.78, 5) is 13.0. The van der Waals surface area contributed by atoms with Crippen molar-refractivity contribution < 1.29 is 45.3 Å². The number of hydrogen-bond donors (Lipinski definition) is 2. The third-order valence-electron chi connectivity index (χ3n) is 7.37. The summed E-state index contributed by atoms with van der Waals surface area (Å²) in [5.74, 6) is -0.642. The number of sulfonamides is 1. The highest BCUT2D eigenvalue weighted by atomic mass is 32.2. The minimum Gasteiger partial charge on any atom is -0.443 e. The zero-order valence-electron chi connectivity index (χ0n) is 24.2. The average molecular weight is 630 g/mol. The molecule has 43 heavy (non-hydrogen) atoms. The van der Waals surface area contributed by atoms with Gasteiger partial charge in [-0.2, -0.15) is 4.31 Å². The number of benzene rings is 2. The number of halogens is 3. The highest BCUT2D eigenvalue weighted by Crippen LogP contribution is 2.33. The molecule has 1 amide bonds. The Balaban J connectivity index is 1.54. The van der Waals surface area contributed by atoms with Crippen LogP contribution in [0, 0.1) is 11.8 Å². The first-order valence-corrected chi connectivity index (χ1v) is 15.6. The number of hydrogen-bond acceptors (Lipinski definition) is 8. The van der Waals surface area contributed by atoms with E-state index in [4.69, 9.17) is 14.2 Å². The van der Waals surface area contributed by atoms with Crippen LogP contribution in [0.5, 0.6) is 5.75 Å². The van der Waals surface area contributed by atoms with Crippen molar-refractivity contribution in [2.24, 2.45) is 11.8 Å². The summed E-state index contributed by atoms with van der Waals surface area (Å²) in [6.45, 7) is 4.57. The normalized spacial score (nSPS) is 21.9. The third kappa shape index (κ3) is 9.05. The minimum atomic E-state index is -4.90. The quantitative estimate of drug-likeness (QED) is 0.343. The predicted molar refractivity (Wildman–Crippen MR) is 151 cm³/mol. The zero-order chi connectivity index (χ0) is 31.2. The van der Waals surface area contributed by atoms with Crippen LogP contribution >= 0.6 is 0 Å². The van der Waals surface area contributed by atoms with Crippen molar-refractivity contribution in [3.8, 4) is 5.75 Å². The van der Waals surface area contributed by atoms with Gasteiger partial charge in [-0.1, -0.05) is 44.2 Å². The maximum Gasteiger partial charge on any atom is 0.573 e. The van der Waals surface area contributed by atoms with E-state index in [2.05, 4.69) is 15.4 Å². The Morgan fingerprint density at radius 3 is 2.37 bits per heavy atom. The molecular weight excluding hydrogens is 591 g/mol. The number of rotatable bonds is 13.